The van der Waals surface area contributed by atoms with Gasteiger partial charge >= 0.3 is 15.2 Å². The highest BCUT2D eigenvalue weighted by molar-refractivity contribution is 7.75. The van der Waals surface area contributed by atoms with Gasteiger partial charge in [-0.1, -0.05) is 30.4 Å². The summed E-state index contributed by atoms with van der Waals surface area (Å²) in [5, 5.41) is 0. The summed E-state index contributed by atoms with van der Waals surface area (Å²) in [7, 11) is -3.50. The summed E-state index contributed by atoms with van der Waals surface area (Å²) in [5.74, 6) is 2.32. The van der Waals surface area contributed by atoms with Gasteiger partial charge < -0.3 is 37.0 Å². The zero-order valence-corrected chi connectivity index (χ0v) is 28.5. The van der Waals surface area contributed by atoms with Crippen molar-refractivity contribution >= 4 is 15.2 Å². The van der Waals surface area contributed by atoms with Gasteiger partial charge in [0.2, 0.25) is 4.90 Å². The summed E-state index contributed by atoms with van der Waals surface area (Å²) in [4.78, 5) is -2.07. The van der Waals surface area contributed by atoms with E-state index in [-0.39, 0.29) is 35.8 Å². The van der Waals surface area contributed by atoms with Crippen molar-refractivity contribution < 1.29 is 46.2 Å². The Bertz CT molecular complexity index is 1690. The first-order valence-corrected chi connectivity index (χ1v) is 17.5. The fraction of sp³-hybridized carbons (Fsp3) is 0.200. The van der Waals surface area contributed by atoms with Crippen LogP contribution in [-0.4, -0.2) is 33.3 Å². The zero-order valence-electron chi connectivity index (χ0n) is 26.7. The lowest BCUT2D eigenvalue weighted by atomic mass is 10.2. The van der Waals surface area contributed by atoms with Gasteiger partial charge in [0.05, 0.1) is 28.4 Å². The van der Waals surface area contributed by atoms with E-state index in [0.717, 1.165) is 0 Å². The number of benzene rings is 4. The molecule has 0 fully saturated rings. The van der Waals surface area contributed by atoms with E-state index in [4.69, 9.17) is 37.0 Å². The Labute approximate surface area is 275 Å². The molecule has 0 bridgehead atoms. The normalized spacial score (nSPS) is 12.5. The average molecular weight is 681 g/mol. The lowest BCUT2D eigenvalue weighted by Gasteiger charge is -2.41. The Kier molecular flexibility index (Phi) is 11.7. The van der Waals surface area contributed by atoms with E-state index in [9.17, 15) is 0 Å². The van der Waals surface area contributed by atoms with Gasteiger partial charge in [-0.2, -0.15) is 0 Å². The standard InChI is InChI=1S/C35H38O10P2/c1-7-22-35(23-8-2,46(36,42-28-20-18-27(38-3)19-21-28)43-32-15-9-12-29(24-32)39-4)47(37,44-33-16-10-13-30(25-33)40-5)45-34-17-11-14-31(26-34)41-6/h7-21,24-26H,1-2,22-23H2,3-6H3. The number of methoxy groups -OCH3 is 4. The SMILES string of the molecule is C=CCC(CC=C)(P(=O)(Oc1ccc(OC)cc1)Oc1cccc(OC)c1)P(=O)(Oc1cccc(OC)c1)Oc1cccc(OC)c1. The molecular formula is C35H38O10P2. The van der Waals surface area contributed by atoms with Gasteiger partial charge in [0.15, 0.2) is 0 Å². The fourth-order valence-corrected chi connectivity index (χ4v) is 10.1. The van der Waals surface area contributed by atoms with Crippen LogP contribution in [0.5, 0.6) is 46.0 Å². The number of rotatable bonds is 18. The zero-order chi connectivity index (χ0) is 33.9. The predicted molar refractivity (Wildman–Crippen MR) is 182 cm³/mol. The van der Waals surface area contributed by atoms with Crippen molar-refractivity contribution in [1.29, 1.82) is 0 Å². The second kappa shape index (κ2) is 15.7. The third-order valence-corrected chi connectivity index (χ3v) is 13.1. The fourth-order valence-electron chi connectivity index (χ4n) is 4.69. The van der Waals surface area contributed by atoms with Crippen LogP contribution in [0.2, 0.25) is 0 Å². The first-order chi connectivity index (χ1) is 22.7. The molecule has 0 aliphatic heterocycles. The van der Waals surface area contributed by atoms with Gasteiger partial charge in [-0.25, -0.2) is 9.13 Å². The molecule has 0 saturated carbocycles. The van der Waals surface area contributed by atoms with Gasteiger partial charge in [-0.3, -0.25) is 0 Å². The molecule has 1 atom stereocenters. The van der Waals surface area contributed by atoms with Crippen LogP contribution in [-0.2, 0) is 9.13 Å². The Balaban J connectivity index is 2.02. The highest BCUT2D eigenvalue weighted by Crippen LogP contribution is 2.79. The number of hydrogen-bond acceptors (Lipinski definition) is 10. The van der Waals surface area contributed by atoms with Crippen LogP contribution in [0.25, 0.3) is 0 Å². The van der Waals surface area contributed by atoms with Crippen LogP contribution >= 0.6 is 15.2 Å². The van der Waals surface area contributed by atoms with Crippen molar-refractivity contribution in [3.8, 4) is 46.0 Å². The van der Waals surface area contributed by atoms with Crippen molar-refractivity contribution in [3.05, 3.63) is 122 Å². The Morgan fingerprint density at radius 2 is 0.787 bits per heavy atom. The molecule has 4 rings (SSSR count). The van der Waals surface area contributed by atoms with E-state index in [1.165, 1.54) is 58.8 Å². The Morgan fingerprint density at radius 3 is 1.11 bits per heavy atom. The topological polar surface area (TPSA) is 108 Å². The number of allylic oxidation sites excluding steroid dienone is 2. The summed E-state index contributed by atoms with van der Waals surface area (Å²) in [6, 6.07) is 25.8. The molecule has 248 valence electrons. The molecule has 0 radical (unpaired) electrons. The third kappa shape index (κ3) is 7.97. The third-order valence-electron chi connectivity index (χ3n) is 7.05. The van der Waals surface area contributed by atoms with E-state index in [1.807, 2.05) is 0 Å². The molecule has 4 aromatic rings. The first-order valence-electron chi connectivity index (χ1n) is 14.4. The highest BCUT2D eigenvalue weighted by Gasteiger charge is 2.68. The maximum Gasteiger partial charge on any atom is 0.452 e. The molecule has 12 heteroatoms. The summed E-state index contributed by atoms with van der Waals surface area (Å²) >= 11 is 0. The van der Waals surface area contributed by atoms with Crippen molar-refractivity contribution in [2.75, 3.05) is 28.4 Å². The van der Waals surface area contributed by atoms with E-state index in [2.05, 4.69) is 13.2 Å². The van der Waals surface area contributed by atoms with Gasteiger partial charge in [0.1, 0.15) is 46.0 Å². The van der Waals surface area contributed by atoms with Crippen molar-refractivity contribution in [3.63, 3.8) is 0 Å². The molecule has 10 nitrogen and oxygen atoms in total. The van der Waals surface area contributed by atoms with Crippen LogP contribution in [0.4, 0.5) is 0 Å². The van der Waals surface area contributed by atoms with Crippen LogP contribution in [0, 0.1) is 0 Å². The average Bonchev–Trinajstić information content (AvgIpc) is 3.08. The molecule has 0 spiro atoms. The van der Waals surface area contributed by atoms with Crippen LogP contribution < -0.4 is 37.0 Å². The first kappa shape index (κ1) is 35.1. The van der Waals surface area contributed by atoms with Gasteiger partial charge in [-0.15, -0.1) is 13.2 Å². The minimum atomic E-state index is -4.75. The molecule has 0 N–H and O–H groups in total. The van der Waals surface area contributed by atoms with Crippen molar-refractivity contribution in [2.24, 2.45) is 0 Å². The number of ether oxygens (including phenoxy) is 4. The maximum absolute atomic E-state index is 15.8. The molecule has 0 heterocycles. The predicted octanol–water partition coefficient (Wildman–Crippen LogP) is 9.57. The van der Waals surface area contributed by atoms with E-state index >= 15 is 9.13 Å². The Morgan fingerprint density at radius 1 is 0.489 bits per heavy atom. The lowest BCUT2D eigenvalue weighted by molar-refractivity contribution is 0.321. The summed E-state index contributed by atoms with van der Waals surface area (Å²) in [5.41, 5.74) is 0. The second-order valence-corrected chi connectivity index (χ2v) is 14.8. The largest absolute Gasteiger partial charge is 0.497 e. The molecule has 0 aromatic heterocycles. The van der Waals surface area contributed by atoms with Gasteiger partial charge in [0.25, 0.3) is 0 Å². The van der Waals surface area contributed by atoms with Crippen LogP contribution in [0.1, 0.15) is 12.8 Å². The van der Waals surface area contributed by atoms with Gasteiger partial charge in [-0.05, 0) is 73.5 Å². The monoisotopic (exact) mass is 680 g/mol. The van der Waals surface area contributed by atoms with Crippen molar-refractivity contribution in [1.82, 2.24) is 0 Å². The molecule has 0 saturated heterocycles. The molecule has 1 unspecified atom stereocenters. The summed E-state index contributed by atoms with van der Waals surface area (Å²) in [6.07, 6.45) is 2.47. The molecular weight excluding hydrogens is 642 g/mol. The van der Waals surface area contributed by atoms with Crippen LogP contribution in [0.3, 0.4) is 0 Å². The van der Waals surface area contributed by atoms with E-state index in [0.29, 0.717) is 23.0 Å². The summed E-state index contributed by atoms with van der Waals surface area (Å²) in [6.45, 7) is 7.82. The quantitative estimate of drug-likeness (QED) is 0.0745. The lowest BCUT2D eigenvalue weighted by Crippen LogP contribution is -2.36. The molecule has 0 aliphatic carbocycles. The maximum atomic E-state index is 15.8. The van der Waals surface area contributed by atoms with Crippen molar-refractivity contribution in [2.45, 2.75) is 17.7 Å². The Hall–Kier alpha value is -4.78. The number of hydrogen-bond donors (Lipinski definition) is 0. The second-order valence-electron chi connectivity index (χ2n) is 10.0. The van der Waals surface area contributed by atoms with E-state index < -0.39 is 20.1 Å². The van der Waals surface area contributed by atoms with Crippen LogP contribution in [0.15, 0.2) is 122 Å². The molecule has 0 aliphatic rings. The highest BCUT2D eigenvalue weighted by atomic mass is 31.2. The smallest absolute Gasteiger partial charge is 0.452 e. The molecule has 47 heavy (non-hydrogen) atoms. The van der Waals surface area contributed by atoms with E-state index in [1.54, 1.807) is 78.9 Å². The summed E-state index contributed by atoms with van der Waals surface area (Å²) < 4.78 is 78.3. The van der Waals surface area contributed by atoms with Gasteiger partial charge in [0, 0.05) is 18.2 Å². The minimum absolute atomic E-state index is 0.116. The minimum Gasteiger partial charge on any atom is -0.497 e. The molecule has 0 amide bonds. The molecule has 4 aromatic carbocycles.